The van der Waals surface area contributed by atoms with Crippen molar-refractivity contribution in [2.24, 2.45) is 5.41 Å². The number of alkyl halides is 2. The van der Waals surface area contributed by atoms with Crippen LogP contribution in [0.15, 0.2) is 0 Å². The Morgan fingerprint density at radius 3 is 2.08 bits per heavy atom. The van der Waals surface area contributed by atoms with Gasteiger partial charge >= 0.3 is 0 Å². The van der Waals surface area contributed by atoms with Crippen molar-refractivity contribution in [3.05, 3.63) is 0 Å². The van der Waals surface area contributed by atoms with Crippen molar-refractivity contribution in [2.45, 2.75) is 32.7 Å². The van der Waals surface area contributed by atoms with Gasteiger partial charge in [0.15, 0.2) is 0 Å². The van der Waals surface area contributed by atoms with Gasteiger partial charge in [0.25, 0.3) is 5.92 Å². The number of nitrogens with zero attached hydrogens (tertiary/aromatic N) is 1. The lowest BCUT2D eigenvalue weighted by Crippen LogP contribution is -2.44. The van der Waals surface area contributed by atoms with E-state index in [0.29, 0.717) is 0 Å². The van der Waals surface area contributed by atoms with E-state index in [-0.39, 0.29) is 12.3 Å². The monoisotopic (exact) mass is 191 g/mol. The maximum Gasteiger partial charge on any atom is 0.267 e. The summed E-state index contributed by atoms with van der Waals surface area (Å²) in [6, 6.07) is -0.664. The van der Waals surface area contributed by atoms with E-state index in [1.807, 2.05) is 0 Å². The first-order valence-electron chi connectivity index (χ1n) is 4.28. The molecule has 0 amide bonds. The molecule has 0 spiro atoms. The Balaban J connectivity index is 3.05. The first-order chi connectivity index (χ1) is 5.70. The Labute approximate surface area is 76.9 Å². The summed E-state index contributed by atoms with van der Waals surface area (Å²) in [4.78, 5) is 12.6. The van der Waals surface area contributed by atoms with E-state index in [1.165, 1.54) is 25.7 Å². The molecule has 0 saturated carbocycles. The molecule has 1 saturated heterocycles. The lowest BCUT2D eigenvalue weighted by atomic mass is 9.80. The molecule has 0 bridgehead atoms. The molecular formula is C9H15F2NO. The Morgan fingerprint density at radius 1 is 1.46 bits per heavy atom. The molecule has 1 rings (SSSR count). The second-order valence-corrected chi connectivity index (χ2v) is 4.35. The van der Waals surface area contributed by atoms with E-state index in [0.717, 1.165) is 0 Å². The van der Waals surface area contributed by atoms with Gasteiger partial charge in [0, 0.05) is 0 Å². The molecule has 2 nitrogen and oxygen atoms in total. The topological polar surface area (TPSA) is 20.3 Å². The van der Waals surface area contributed by atoms with Crippen molar-refractivity contribution in [2.75, 3.05) is 13.6 Å². The molecule has 0 aromatic carbocycles. The zero-order valence-electron chi connectivity index (χ0n) is 8.40. The third kappa shape index (κ3) is 1.37. The van der Waals surface area contributed by atoms with Gasteiger partial charge in [0.05, 0.1) is 18.0 Å². The fourth-order valence-electron chi connectivity index (χ4n) is 2.18. The smallest absolute Gasteiger partial charge is 0.267 e. The molecule has 1 aliphatic heterocycles. The number of rotatable bonds is 1. The predicted molar refractivity (Wildman–Crippen MR) is 45.8 cm³/mol. The SMILES string of the molecule is CC(=O)[C@H]1N(C)CC(F)(F)C1(C)C. The Bertz CT molecular complexity index is 238. The lowest BCUT2D eigenvalue weighted by molar-refractivity contribution is -0.128. The van der Waals surface area contributed by atoms with Crippen LogP contribution in [-0.4, -0.2) is 36.2 Å². The summed E-state index contributed by atoms with van der Waals surface area (Å²) in [5.74, 6) is -2.97. The van der Waals surface area contributed by atoms with Crippen LogP contribution in [0.4, 0.5) is 8.78 Å². The van der Waals surface area contributed by atoms with Crippen LogP contribution in [-0.2, 0) is 4.79 Å². The molecule has 0 radical (unpaired) electrons. The van der Waals surface area contributed by atoms with Gasteiger partial charge in [-0.2, -0.15) is 0 Å². The number of carbonyl (C=O) groups is 1. The summed E-state index contributed by atoms with van der Waals surface area (Å²) in [5.41, 5.74) is -1.26. The maximum atomic E-state index is 13.4. The van der Waals surface area contributed by atoms with Gasteiger partial charge in [-0.1, -0.05) is 13.8 Å². The van der Waals surface area contributed by atoms with Crippen LogP contribution in [0.3, 0.4) is 0 Å². The quantitative estimate of drug-likeness (QED) is 0.626. The number of Topliss-reactive ketones (excluding diaryl/α,β-unsaturated/α-hetero) is 1. The molecule has 0 aromatic rings. The van der Waals surface area contributed by atoms with Gasteiger partial charge in [0.1, 0.15) is 5.78 Å². The molecule has 1 aliphatic rings. The second-order valence-electron chi connectivity index (χ2n) is 4.35. The van der Waals surface area contributed by atoms with Crippen LogP contribution in [0.1, 0.15) is 20.8 Å². The maximum absolute atomic E-state index is 13.4. The molecule has 1 atom stereocenters. The summed E-state index contributed by atoms with van der Waals surface area (Å²) < 4.78 is 26.8. The molecule has 0 aromatic heterocycles. The van der Waals surface area contributed by atoms with Gasteiger partial charge in [-0.25, -0.2) is 8.78 Å². The molecule has 1 heterocycles. The van der Waals surface area contributed by atoms with Gasteiger partial charge in [-0.3, -0.25) is 9.69 Å². The highest BCUT2D eigenvalue weighted by Crippen LogP contribution is 2.47. The molecule has 0 unspecified atom stereocenters. The van der Waals surface area contributed by atoms with Crippen LogP contribution in [0, 0.1) is 5.41 Å². The van der Waals surface area contributed by atoms with Crippen molar-refractivity contribution in [1.82, 2.24) is 4.90 Å². The van der Waals surface area contributed by atoms with Gasteiger partial charge in [0.2, 0.25) is 0 Å². The Kier molecular flexibility index (Phi) is 2.23. The number of likely N-dealkylation sites (tertiary alicyclic amines) is 1. The molecule has 76 valence electrons. The number of likely N-dealkylation sites (N-methyl/N-ethyl adjacent to an activating group) is 1. The third-order valence-corrected chi connectivity index (χ3v) is 2.90. The highest BCUT2D eigenvalue weighted by Gasteiger charge is 2.60. The van der Waals surface area contributed by atoms with E-state index in [2.05, 4.69) is 0 Å². The van der Waals surface area contributed by atoms with Crippen LogP contribution in [0.25, 0.3) is 0 Å². The molecule has 4 heteroatoms. The van der Waals surface area contributed by atoms with Crippen LogP contribution >= 0.6 is 0 Å². The zero-order chi connectivity index (χ0) is 10.4. The van der Waals surface area contributed by atoms with Gasteiger partial charge in [-0.15, -0.1) is 0 Å². The van der Waals surface area contributed by atoms with Crippen molar-refractivity contribution < 1.29 is 13.6 Å². The summed E-state index contributed by atoms with van der Waals surface area (Å²) >= 11 is 0. The van der Waals surface area contributed by atoms with Crippen LogP contribution < -0.4 is 0 Å². The fraction of sp³-hybridized carbons (Fsp3) is 0.889. The number of ketones is 1. The van der Waals surface area contributed by atoms with Gasteiger partial charge < -0.3 is 0 Å². The summed E-state index contributed by atoms with van der Waals surface area (Å²) in [5, 5.41) is 0. The lowest BCUT2D eigenvalue weighted by Gasteiger charge is -2.30. The van der Waals surface area contributed by atoms with Crippen LogP contribution in [0.5, 0.6) is 0 Å². The highest BCUT2D eigenvalue weighted by molar-refractivity contribution is 5.83. The Morgan fingerprint density at radius 2 is 1.92 bits per heavy atom. The van der Waals surface area contributed by atoms with Gasteiger partial charge in [-0.05, 0) is 14.0 Å². The minimum Gasteiger partial charge on any atom is -0.298 e. The zero-order valence-corrected chi connectivity index (χ0v) is 8.40. The largest absolute Gasteiger partial charge is 0.298 e. The first-order valence-corrected chi connectivity index (χ1v) is 4.28. The Hall–Kier alpha value is -0.510. The molecule has 13 heavy (non-hydrogen) atoms. The van der Waals surface area contributed by atoms with E-state index < -0.39 is 17.4 Å². The average Bonchev–Trinajstić information content (AvgIpc) is 1.96. The molecular weight excluding hydrogens is 176 g/mol. The van der Waals surface area contributed by atoms with Crippen molar-refractivity contribution in [1.29, 1.82) is 0 Å². The van der Waals surface area contributed by atoms with Crippen LogP contribution in [0.2, 0.25) is 0 Å². The number of hydrogen-bond donors (Lipinski definition) is 0. The van der Waals surface area contributed by atoms with E-state index in [9.17, 15) is 13.6 Å². The number of carbonyl (C=O) groups excluding carboxylic acids is 1. The van der Waals surface area contributed by atoms with E-state index in [1.54, 1.807) is 7.05 Å². The summed E-state index contributed by atoms with van der Waals surface area (Å²) in [6.07, 6.45) is 0. The minimum atomic E-state index is -2.78. The highest BCUT2D eigenvalue weighted by atomic mass is 19.3. The molecule has 0 N–H and O–H groups in total. The standard InChI is InChI=1S/C9H15F2NO/c1-6(13)7-8(2,3)9(10,11)5-12(7)4/h7H,5H2,1-4H3/t7-/m1/s1. The van der Waals surface area contributed by atoms with E-state index >= 15 is 0 Å². The predicted octanol–water partition coefficient (Wildman–Crippen LogP) is 1.55. The van der Waals surface area contributed by atoms with E-state index in [4.69, 9.17) is 0 Å². The minimum absolute atomic E-state index is 0.190. The molecule has 0 aliphatic carbocycles. The van der Waals surface area contributed by atoms with Crippen molar-refractivity contribution in [3.63, 3.8) is 0 Å². The number of hydrogen-bond acceptors (Lipinski definition) is 2. The fourth-order valence-corrected chi connectivity index (χ4v) is 2.18. The van der Waals surface area contributed by atoms with Crippen molar-refractivity contribution >= 4 is 5.78 Å². The molecule has 1 fully saturated rings. The third-order valence-electron chi connectivity index (χ3n) is 2.90. The number of halogens is 2. The van der Waals surface area contributed by atoms with Crippen molar-refractivity contribution in [3.8, 4) is 0 Å². The normalized spacial score (nSPS) is 32.0. The summed E-state index contributed by atoms with van der Waals surface area (Å²) in [6.45, 7) is 3.93. The first kappa shape index (κ1) is 10.6. The summed E-state index contributed by atoms with van der Waals surface area (Å²) in [7, 11) is 1.56. The second kappa shape index (κ2) is 2.74. The average molecular weight is 191 g/mol.